The first kappa shape index (κ1) is 18.2. The fourth-order valence-electron chi connectivity index (χ4n) is 2.10. The molecule has 2 rings (SSSR count). The predicted octanol–water partition coefficient (Wildman–Crippen LogP) is 1.99. The molecule has 0 bridgehead atoms. The normalized spacial score (nSPS) is 11.2. The monoisotopic (exact) mass is 349 g/mol. The van der Waals surface area contributed by atoms with Crippen molar-refractivity contribution in [3.63, 3.8) is 0 Å². The van der Waals surface area contributed by atoms with Crippen LogP contribution in [0.2, 0.25) is 0 Å². The van der Waals surface area contributed by atoms with Gasteiger partial charge < -0.3 is 10.6 Å². The molecule has 0 saturated carbocycles. The van der Waals surface area contributed by atoms with Crippen molar-refractivity contribution in [2.75, 3.05) is 23.7 Å². The first-order chi connectivity index (χ1) is 11.5. The van der Waals surface area contributed by atoms with E-state index in [1.165, 1.54) is 12.1 Å². The Morgan fingerprint density at radius 1 is 1.08 bits per heavy atom. The number of aromatic nitrogens is 2. The molecule has 8 heteroatoms. The molecule has 0 radical (unpaired) electrons. The summed E-state index contributed by atoms with van der Waals surface area (Å²) < 4.78 is 22.4. The third-order valence-corrected chi connectivity index (χ3v) is 4.37. The molecule has 0 saturated heterocycles. The zero-order valence-corrected chi connectivity index (χ0v) is 14.5. The van der Waals surface area contributed by atoms with E-state index in [9.17, 15) is 8.42 Å². The van der Waals surface area contributed by atoms with Gasteiger partial charge in [0.2, 0.25) is 16.0 Å². The van der Waals surface area contributed by atoms with E-state index in [2.05, 4.69) is 27.5 Å². The smallest absolute Gasteiger partial charge is 0.238 e. The number of sulfonamides is 1. The minimum atomic E-state index is -3.64. The van der Waals surface area contributed by atoms with Gasteiger partial charge in [0.05, 0.1) is 4.90 Å². The average molecular weight is 349 g/mol. The topological polar surface area (TPSA) is 110 Å². The number of rotatable bonds is 9. The minimum absolute atomic E-state index is 0.119. The molecule has 0 spiro atoms. The molecule has 4 N–H and O–H groups in total. The van der Waals surface area contributed by atoms with E-state index in [1.54, 1.807) is 18.3 Å². The van der Waals surface area contributed by atoms with Crippen molar-refractivity contribution in [1.29, 1.82) is 0 Å². The second-order valence-electron chi connectivity index (χ2n) is 5.41. The van der Waals surface area contributed by atoms with Gasteiger partial charge >= 0.3 is 0 Å². The van der Waals surface area contributed by atoms with Crippen LogP contribution in [0.15, 0.2) is 41.4 Å². The average Bonchev–Trinajstić information content (AvgIpc) is 2.55. The highest BCUT2D eigenvalue weighted by Gasteiger charge is 2.06. The van der Waals surface area contributed by atoms with Crippen molar-refractivity contribution in [1.82, 2.24) is 9.97 Å². The highest BCUT2D eigenvalue weighted by atomic mass is 32.2. The Kier molecular flexibility index (Phi) is 6.51. The standard InChI is InChI=1S/C16H23N5O2S/c1-2-3-10-18-15-9-12-20-16(21-15)19-11-8-13-4-6-14(7-5-13)24(17,22)23/h4-7,9,12H,2-3,8,10-11H2,1H3,(H2,17,22,23)(H2,18,19,20,21). The number of hydrogen-bond donors (Lipinski definition) is 3. The highest BCUT2D eigenvalue weighted by Crippen LogP contribution is 2.10. The molecular weight excluding hydrogens is 326 g/mol. The molecule has 0 unspecified atom stereocenters. The van der Waals surface area contributed by atoms with Crippen LogP contribution >= 0.6 is 0 Å². The molecule has 1 aromatic heterocycles. The summed E-state index contributed by atoms with van der Waals surface area (Å²) in [4.78, 5) is 8.70. The van der Waals surface area contributed by atoms with Crippen LogP contribution < -0.4 is 15.8 Å². The van der Waals surface area contributed by atoms with Gasteiger partial charge in [-0.2, -0.15) is 4.98 Å². The van der Waals surface area contributed by atoms with Crippen molar-refractivity contribution in [2.45, 2.75) is 31.1 Å². The summed E-state index contributed by atoms with van der Waals surface area (Å²) in [6.07, 6.45) is 4.67. The molecule has 130 valence electrons. The molecule has 1 aromatic carbocycles. The Labute approximate surface area is 142 Å². The molecule has 0 aliphatic rings. The lowest BCUT2D eigenvalue weighted by Crippen LogP contribution is -2.12. The van der Waals surface area contributed by atoms with E-state index in [4.69, 9.17) is 5.14 Å². The van der Waals surface area contributed by atoms with Crippen molar-refractivity contribution < 1.29 is 8.42 Å². The van der Waals surface area contributed by atoms with E-state index in [0.29, 0.717) is 12.5 Å². The fourth-order valence-corrected chi connectivity index (χ4v) is 2.62. The summed E-state index contributed by atoms with van der Waals surface area (Å²) in [7, 11) is -3.64. The van der Waals surface area contributed by atoms with Gasteiger partial charge in [0.15, 0.2) is 0 Å². The lowest BCUT2D eigenvalue weighted by Gasteiger charge is -2.08. The van der Waals surface area contributed by atoms with Crippen LogP contribution in [0.3, 0.4) is 0 Å². The maximum Gasteiger partial charge on any atom is 0.238 e. The van der Waals surface area contributed by atoms with Gasteiger partial charge in [0.1, 0.15) is 5.82 Å². The molecule has 7 nitrogen and oxygen atoms in total. The second kappa shape index (κ2) is 8.60. The quantitative estimate of drug-likeness (QED) is 0.597. The maximum absolute atomic E-state index is 11.2. The van der Waals surface area contributed by atoms with Crippen LogP contribution in [-0.4, -0.2) is 31.5 Å². The highest BCUT2D eigenvalue weighted by molar-refractivity contribution is 7.89. The molecule has 0 fully saturated rings. The minimum Gasteiger partial charge on any atom is -0.370 e. The van der Waals surface area contributed by atoms with E-state index in [0.717, 1.165) is 37.2 Å². The van der Waals surface area contributed by atoms with Gasteiger partial charge in [0, 0.05) is 19.3 Å². The van der Waals surface area contributed by atoms with Crippen molar-refractivity contribution in [3.8, 4) is 0 Å². The Balaban J connectivity index is 1.84. The van der Waals surface area contributed by atoms with Gasteiger partial charge in [-0.3, -0.25) is 0 Å². The zero-order chi connectivity index (χ0) is 17.4. The first-order valence-corrected chi connectivity index (χ1v) is 9.46. The third kappa shape index (κ3) is 5.78. The molecular formula is C16H23N5O2S. The fraction of sp³-hybridized carbons (Fsp3) is 0.375. The van der Waals surface area contributed by atoms with E-state index in [-0.39, 0.29) is 4.90 Å². The number of anilines is 2. The first-order valence-electron chi connectivity index (χ1n) is 7.91. The lowest BCUT2D eigenvalue weighted by molar-refractivity contribution is 0.598. The summed E-state index contributed by atoms with van der Waals surface area (Å²) in [5.74, 6) is 1.37. The number of nitrogens with one attached hydrogen (secondary N) is 2. The number of primary sulfonamides is 1. The zero-order valence-electron chi connectivity index (χ0n) is 13.7. The van der Waals surface area contributed by atoms with Gasteiger partial charge in [-0.15, -0.1) is 0 Å². The van der Waals surface area contributed by atoms with E-state index >= 15 is 0 Å². The second-order valence-corrected chi connectivity index (χ2v) is 6.97. The number of hydrogen-bond acceptors (Lipinski definition) is 6. The SMILES string of the molecule is CCCCNc1ccnc(NCCc2ccc(S(N)(=O)=O)cc2)n1. The van der Waals surface area contributed by atoms with Crippen molar-refractivity contribution >= 4 is 21.8 Å². The van der Waals surface area contributed by atoms with Crippen molar-refractivity contribution in [3.05, 3.63) is 42.1 Å². The summed E-state index contributed by atoms with van der Waals surface area (Å²) in [6, 6.07) is 8.38. The Morgan fingerprint density at radius 2 is 1.83 bits per heavy atom. The third-order valence-electron chi connectivity index (χ3n) is 3.44. The van der Waals surface area contributed by atoms with E-state index < -0.39 is 10.0 Å². The summed E-state index contributed by atoms with van der Waals surface area (Å²) in [5.41, 5.74) is 1.01. The van der Waals surface area contributed by atoms with Crippen LogP contribution in [0.25, 0.3) is 0 Å². The maximum atomic E-state index is 11.2. The summed E-state index contributed by atoms with van der Waals surface area (Å²) in [5, 5.41) is 11.5. The molecule has 1 heterocycles. The largest absolute Gasteiger partial charge is 0.370 e. The molecule has 0 aliphatic heterocycles. The Bertz CT molecular complexity index is 747. The van der Waals surface area contributed by atoms with Crippen LogP contribution in [0.1, 0.15) is 25.3 Å². The number of nitrogens with two attached hydrogens (primary N) is 1. The van der Waals surface area contributed by atoms with Crippen LogP contribution in [0, 0.1) is 0 Å². The molecule has 24 heavy (non-hydrogen) atoms. The number of unbranched alkanes of at least 4 members (excludes halogenated alkanes) is 1. The molecule has 0 amide bonds. The van der Waals surface area contributed by atoms with Crippen LogP contribution in [0.4, 0.5) is 11.8 Å². The Morgan fingerprint density at radius 3 is 2.50 bits per heavy atom. The molecule has 2 aromatic rings. The van der Waals surface area contributed by atoms with Gasteiger partial charge in [-0.1, -0.05) is 25.5 Å². The number of nitrogens with zero attached hydrogens (tertiary/aromatic N) is 2. The summed E-state index contributed by atoms with van der Waals surface area (Å²) >= 11 is 0. The molecule has 0 aliphatic carbocycles. The van der Waals surface area contributed by atoms with Crippen molar-refractivity contribution in [2.24, 2.45) is 5.14 Å². The molecule has 0 atom stereocenters. The summed E-state index contributed by atoms with van der Waals surface area (Å²) in [6.45, 7) is 3.68. The van der Waals surface area contributed by atoms with Gasteiger partial charge in [-0.05, 0) is 36.6 Å². The predicted molar refractivity (Wildman–Crippen MR) is 95.4 cm³/mol. The lowest BCUT2D eigenvalue weighted by atomic mass is 10.1. The van der Waals surface area contributed by atoms with E-state index in [1.807, 2.05) is 6.07 Å². The van der Waals surface area contributed by atoms with Gasteiger partial charge in [-0.25, -0.2) is 18.5 Å². The van der Waals surface area contributed by atoms with Crippen LogP contribution in [0.5, 0.6) is 0 Å². The van der Waals surface area contributed by atoms with Gasteiger partial charge in [0.25, 0.3) is 0 Å². The number of benzene rings is 1. The van der Waals surface area contributed by atoms with Crippen LogP contribution in [-0.2, 0) is 16.4 Å². The Hall–Kier alpha value is -2.19.